The van der Waals surface area contributed by atoms with Crippen molar-refractivity contribution in [2.24, 2.45) is 0 Å². The maximum absolute atomic E-state index is 13.1. The third kappa shape index (κ3) is 5.08. The van der Waals surface area contributed by atoms with Crippen molar-refractivity contribution in [2.75, 3.05) is 28.3 Å². The molecule has 0 unspecified atom stereocenters. The van der Waals surface area contributed by atoms with Gasteiger partial charge in [-0.2, -0.15) is 8.78 Å². The number of methoxy groups -OCH3 is 1. The summed E-state index contributed by atoms with van der Waals surface area (Å²) in [6.45, 7) is -0.289. The van der Waals surface area contributed by atoms with Gasteiger partial charge in [-0.25, -0.2) is 17.5 Å². The average molecular weight is 499 g/mol. The number of sulfonamides is 1. The molecule has 2 aromatic carbocycles. The van der Waals surface area contributed by atoms with Crippen molar-refractivity contribution >= 4 is 21.1 Å². The number of aromatic nitrogens is 2. The zero-order valence-corrected chi connectivity index (χ0v) is 20.5. The number of aryl methyl sites for hydroxylation is 1. The van der Waals surface area contributed by atoms with Crippen molar-refractivity contribution in [3.8, 4) is 11.5 Å². The molecule has 0 aliphatic rings. The number of hydrogen-bond acceptors (Lipinski definition) is 6. The van der Waals surface area contributed by atoms with Gasteiger partial charge in [0.15, 0.2) is 11.5 Å². The summed E-state index contributed by atoms with van der Waals surface area (Å²) in [4.78, 5) is 15.0. The van der Waals surface area contributed by atoms with Gasteiger partial charge in [-0.3, -0.25) is 14.0 Å². The van der Waals surface area contributed by atoms with Crippen molar-refractivity contribution < 1.29 is 26.7 Å². The number of benzene rings is 2. The Morgan fingerprint density at radius 2 is 1.71 bits per heavy atom. The first kappa shape index (κ1) is 25.7. The molecule has 1 aromatic heterocycles. The molecule has 34 heavy (non-hydrogen) atoms. The van der Waals surface area contributed by atoms with E-state index in [-0.39, 0.29) is 28.8 Å². The summed E-state index contributed by atoms with van der Waals surface area (Å²) in [5, 5.41) is 0. The summed E-state index contributed by atoms with van der Waals surface area (Å²) in [5.74, 6) is 0.102. The number of alkyl halides is 2. The van der Waals surface area contributed by atoms with E-state index in [2.05, 4.69) is 4.74 Å². The van der Waals surface area contributed by atoms with Crippen LogP contribution in [0, 0.1) is 0 Å². The lowest BCUT2D eigenvalue weighted by Gasteiger charge is -2.19. The highest BCUT2D eigenvalue weighted by Gasteiger charge is 2.21. The Balaban J connectivity index is 1.96. The van der Waals surface area contributed by atoms with Crippen LogP contribution in [0.3, 0.4) is 0 Å². The zero-order chi connectivity index (χ0) is 25.2. The second kappa shape index (κ2) is 10.1. The number of nitrogens with zero attached hydrogens (tertiary/aromatic N) is 4. The van der Waals surface area contributed by atoms with E-state index in [0.29, 0.717) is 29.7 Å². The van der Waals surface area contributed by atoms with E-state index in [1.807, 2.05) is 11.8 Å². The van der Waals surface area contributed by atoms with Gasteiger partial charge in [0, 0.05) is 27.2 Å². The maximum atomic E-state index is 13.1. The molecule has 3 rings (SSSR count). The third-order valence-electron chi connectivity index (χ3n) is 5.36. The Morgan fingerprint density at radius 1 is 1.00 bits per heavy atom. The van der Waals surface area contributed by atoms with Crippen molar-refractivity contribution in [1.29, 1.82) is 0 Å². The first-order valence-electron chi connectivity index (χ1n) is 10.5. The third-order valence-corrected chi connectivity index (χ3v) is 7.18. The van der Waals surface area contributed by atoms with Crippen LogP contribution in [0.5, 0.6) is 11.5 Å². The molecule has 0 saturated heterocycles. The van der Waals surface area contributed by atoms with E-state index in [9.17, 15) is 22.0 Å². The van der Waals surface area contributed by atoms with Crippen molar-refractivity contribution in [3.05, 3.63) is 52.4 Å². The Morgan fingerprint density at radius 3 is 2.29 bits per heavy atom. The van der Waals surface area contributed by atoms with Gasteiger partial charge in [0.25, 0.3) is 0 Å². The fourth-order valence-electron chi connectivity index (χ4n) is 3.72. The molecule has 0 radical (unpaired) electrons. The second-order valence-corrected chi connectivity index (χ2v) is 10.1. The minimum atomic E-state index is -3.69. The maximum Gasteiger partial charge on any atom is 0.387 e. The molecule has 0 fully saturated rings. The average Bonchev–Trinajstić information content (AvgIpc) is 3.03. The zero-order valence-electron chi connectivity index (χ0n) is 19.7. The molecule has 3 aromatic rings. The van der Waals surface area contributed by atoms with Crippen LogP contribution in [-0.2, 0) is 29.8 Å². The summed E-state index contributed by atoms with van der Waals surface area (Å²) < 4.78 is 64.5. The minimum absolute atomic E-state index is 0.0818. The van der Waals surface area contributed by atoms with Crippen molar-refractivity contribution in [2.45, 2.75) is 38.2 Å². The first-order chi connectivity index (χ1) is 16.0. The lowest BCUT2D eigenvalue weighted by molar-refractivity contribution is -0.0512. The smallest absolute Gasteiger partial charge is 0.387 e. The SMILES string of the molecule is CCn1c(=O)n(CN(C)Cc2ccc(OC)c(OC(F)F)c2)c2cc(S(=O)(=O)N(C)C)ccc21. The molecule has 12 heteroatoms. The van der Waals surface area contributed by atoms with Gasteiger partial charge in [-0.05, 0) is 49.9 Å². The van der Waals surface area contributed by atoms with E-state index in [1.54, 1.807) is 23.7 Å². The van der Waals surface area contributed by atoms with Crippen molar-refractivity contribution in [1.82, 2.24) is 18.3 Å². The summed E-state index contributed by atoms with van der Waals surface area (Å²) in [5.41, 5.74) is 1.50. The fraction of sp³-hybridized carbons (Fsp3) is 0.409. The molecule has 186 valence electrons. The lowest BCUT2D eigenvalue weighted by Crippen LogP contribution is -2.30. The van der Waals surface area contributed by atoms with Crippen LogP contribution < -0.4 is 15.2 Å². The van der Waals surface area contributed by atoms with Gasteiger partial charge in [0.05, 0.1) is 29.7 Å². The van der Waals surface area contributed by atoms with E-state index < -0.39 is 16.6 Å². The van der Waals surface area contributed by atoms with E-state index >= 15 is 0 Å². The molecule has 0 aliphatic heterocycles. The number of halogens is 2. The molecule has 0 atom stereocenters. The highest BCUT2D eigenvalue weighted by atomic mass is 32.2. The quantitative estimate of drug-likeness (QED) is 0.427. The second-order valence-electron chi connectivity index (χ2n) is 7.91. The first-order valence-corrected chi connectivity index (χ1v) is 11.9. The van der Waals surface area contributed by atoms with Crippen LogP contribution >= 0.6 is 0 Å². The van der Waals surface area contributed by atoms with E-state index in [4.69, 9.17) is 4.74 Å². The van der Waals surface area contributed by atoms with Crippen LogP contribution in [0.2, 0.25) is 0 Å². The summed E-state index contributed by atoms with van der Waals surface area (Å²) >= 11 is 0. The number of imidazole rings is 1. The molecule has 1 heterocycles. The number of ether oxygens (including phenoxy) is 2. The van der Waals surface area contributed by atoms with Crippen LogP contribution in [0.15, 0.2) is 46.1 Å². The molecule has 0 spiro atoms. The highest BCUT2D eigenvalue weighted by Crippen LogP contribution is 2.30. The van der Waals surface area contributed by atoms with E-state index in [0.717, 1.165) is 4.31 Å². The minimum Gasteiger partial charge on any atom is -0.493 e. The monoisotopic (exact) mass is 498 g/mol. The topological polar surface area (TPSA) is 86.0 Å². The van der Waals surface area contributed by atoms with Crippen LogP contribution in [0.4, 0.5) is 8.78 Å². The van der Waals surface area contributed by atoms with Crippen LogP contribution in [0.25, 0.3) is 11.0 Å². The molecule has 0 N–H and O–H groups in total. The van der Waals surface area contributed by atoms with Gasteiger partial charge < -0.3 is 9.47 Å². The van der Waals surface area contributed by atoms with Crippen molar-refractivity contribution in [3.63, 3.8) is 0 Å². The Labute approximate surface area is 196 Å². The molecule has 0 amide bonds. The van der Waals surface area contributed by atoms with Crippen LogP contribution in [0.1, 0.15) is 12.5 Å². The van der Waals surface area contributed by atoms with E-state index in [1.165, 1.54) is 50.0 Å². The van der Waals surface area contributed by atoms with Gasteiger partial charge in [0.1, 0.15) is 0 Å². The summed E-state index contributed by atoms with van der Waals surface area (Å²) in [7, 11) is 2.33. The standard InChI is InChI=1S/C22H28F2N4O5S/c1-6-27-17-9-8-16(34(30,31)25(2)3)12-18(17)28(22(27)29)14-26(4)13-15-7-10-19(32-5)20(11-15)33-21(23)24/h7-12,21H,6,13-14H2,1-5H3. The normalized spacial score (nSPS) is 12.3. The Hall–Kier alpha value is -2.96. The van der Waals surface area contributed by atoms with Gasteiger partial charge >= 0.3 is 12.3 Å². The fourth-order valence-corrected chi connectivity index (χ4v) is 4.65. The van der Waals surface area contributed by atoms with Gasteiger partial charge in [0.2, 0.25) is 10.0 Å². The molecule has 0 saturated carbocycles. The molecule has 0 aliphatic carbocycles. The predicted molar refractivity (Wildman–Crippen MR) is 124 cm³/mol. The number of fused-ring (bicyclic) bond motifs is 1. The number of rotatable bonds is 10. The summed E-state index contributed by atoms with van der Waals surface area (Å²) in [6.07, 6.45) is 0. The number of hydrogen-bond donors (Lipinski definition) is 0. The van der Waals surface area contributed by atoms with Gasteiger partial charge in [-0.15, -0.1) is 0 Å². The summed E-state index contributed by atoms with van der Waals surface area (Å²) in [6, 6.07) is 9.32. The van der Waals surface area contributed by atoms with Gasteiger partial charge in [-0.1, -0.05) is 6.07 Å². The molecule has 0 bridgehead atoms. The Bertz CT molecular complexity index is 1340. The molecular weight excluding hydrogens is 470 g/mol. The lowest BCUT2D eigenvalue weighted by atomic mass is 10.2. The molecular formula is C22H28F2N4O5S. The largest absolute Gasteiger partial charge is 0.493 e. The Kier molecular flexibility index (Phi) is 7.64. The van der Waals surface area contributed by atoms with Crippen LogP contribution in [-0.4, -0.2) is 61.6 Å². The predicted octanol–water partition coefficient (Wildman–Crippen LogP) is 2.77. The highest BCUT2D eigenvalue weighted by molar-refractivity contribution is 7.89. The molecule has 9 nitrogen and oxygen atoms in total.